The molecule has 0 saturated carbocycles. The molecular formula is C12H23N3O3S. The van der Waals surface area contributed by atoms with Gasteiger partial charge in [0.15, 0.2) is 0 Å². The molecule has 0 fully saturated rings. The first kappa shape index (κ1) is 16.3. The molecule has 1 atom stereocenters. The van der Waals surface area contributed by atoms with E-state index >= 15 is 0 Å². The van der Waals surface area contributed by atoms with Gasteiger partial charge in [-0.2, -0.15) is 4.37 Å². The molecule has 19 heavy (non-hydrogen) atoms. The van der Waals surface area contributed by atoms with E-state index in [-0.39, 0.29) is 6.61 Å². The Hall–Kier alpha value is -0.760. The van der Waals surface area contributed by atoms with Gasteiger partial charge in [0, 0.05) is 19.7 Å². The molecule has 0 aliphatic rings. The second-order valence-corrected chi connectivity index (χ2v) is 5.27. The molecule has 0 aliphatic carbocycles. The Morgan fingerprint density at radius 2 is 2.26 bits per heavy atom. The van der Waals surface area contributed by atoms with Crippen LogP contribution in [-0.4, -0.2) is 52.9 Å². The molecule has 0 bridgehead atoms. The molecule has 110 valence electrons. The lowest BCUT2D eigenvalue weighted by atomic mass is 10.1. The minimum absolute atomic E-state index is 0.215. The number of rotatable bonds is 11. The Labute approximate surface area is 118 Å². The van der Waals surface area contributed by atoms with Crippen molar-refractivity contribution in [1.29, 1.82) is 0 Å². The van der Waals surface area contributed by atoms with Gasteiger partial charge in [0.05, 0.1) is 18.3 Å². The lowest BCUT2D eigenvalue weighted by Gasteiger charge is -2.12. The van der Waals surface area contributed by atoms with Crippen LogP contribution in [0.1, 0.15) is 20.3 Å². The van der Waals surface area contributed by atoms with E-state index in [9.17, 15) is 5.11 Å². The SMILES string of the molecule is CC(C)CCOCCNCC(O)COc1cnsn1. The van der Waals surface area contributed by atoms with Gasteiger partial charge in [-0.15, -0.1) is 4.37 Å². The summed E-state index contributed by atoms with van der Waals surface area (Å²) < 4.78 is 18.4. The summed E-state index contributed by atoms with van der Waals surface area (Å²) in [7, 11) is 0. The van der Waals surface area contributed by atoms with Crippen LogP contribution >= 0.6 is 11.7 Å². The van der Waals surface area contributed by atoms with Crippen molar-refractivity contribution in [1.82, 2.24) is 14.1 Å². The Morgan fingerprint density at radius 3 is 2.95 bits per heavy atom. The molecule has 6 nitrogen and oxygen atoms in total. The zero-order valence-corrected chi connectivity index (χ0v) is 12.4. The van der Waals surface area contributed by atoms with E-state index in [2.05, 4.69) is 27.9 Å². The van der Waals surface area contributed by atoms with E-state index in [1.165, 1.54) is 6.20 Å². The monoisotopic (exact) mass is 289 g/mol. The normalized spacial score (nSPS) is 12.8. The third kappa shape index (κ3) is 8.88. The van der Waals surface area contributed by atoms with Gasteiger partial charge in [-0.25, -0.2) is 0 Å². The van der Waals surface area contributed by atoms with Crippen LogP contribution in [0.25, 0.3) is 0 Å². The summed E-state index contributed by atoms with van der Waals surface area (Å²) in [6.07, 6.45) is 2.06. The molecule has 0 aliphatic heterocycles. The number of aromatic nitrogens is 2. The molecule has 1 unspecified atom stereocenters. The average molecular weight is 289 g/mol. The molecule has 1 heterocycles. The van der Waals surface area contributed by atoms with Gasteiger partial charge in [-0.05, 0) is 12.3 Å². The van der Waals surface area contributed by atoms with Crippen LogP contribution in [-0.2, 0) is 4.74 Å². The lowest BCUT2D eigenvalue weighted by molar-refractivity contribution is 0.0953. The number of hydrogen-bond acceptors (Lipinski definition) is 7. The first-order valence-corrected chi connectivity index (χ1v) is 7.28. The Kier molecular flexibility index (Phi) is 8.64. The van der Waals surface area contributed by atoms with Gasteiger partial charge in [0.25, 0.3) is 0 Å². The summed E-state index contributed by atoms with van der Waals surface area (Å²) in [5.74, 6) is 1.13. The highest BCUT2D eigenvalue weighted by molar-refractivity contribution is 6.99. The predicted molar refractivity (Wildman–Crippen MR) is 74.6 cm³/mol. The van der Waals surface area contributed by atoms with Gasteiger partial charge in [0.2, 0.25) is 5.88 Å². The van der Waals surface area contributed by atoms with Crippen LogP contribution in [0.15, 0.2) is 6.20 Å². The summed E-state index contributed by atoms with van der Waals surface area (Å²) in [4.78, 5) is 0. The van der Waals surface area contributed by atoms with Crippen molar-refractivity contribution in [3.8, 4) is 5.88 Å². The molecule has 0 amide bonds. The topological polar surface area (TPSA) is 76.5 Å². The van der Waals surface area contributed by atoms with Crippen LogP contribution in [0.4, 0.5) is 0 Å². The summed E-state index contributed by atoms with van der Waals surface area (Å²) >= 11 is 1.08. The van der Waals surface area contributed by atoms with Crippen LogP contribution in [0.5, 0.6) is 5.88 Å². The molecular weight excluding hydrogens is 266 g/mol. The lowest BCUT2D eigenvalue weighted by Crippen LogP contribution is -2.33. The maximum absolute atomic E-state index is 9.65. The third-order valence-corrected chi connectivity index (χ3v) is 2.87. The Bertz CT molecular complexity index is 309. The van der Waals surface area contributed by atoms with E-state index in [0.717, 1.165) is 31.3 Å². The standard InChI is InChI=1S/C12H23N3O3S/c1-10(2)3-5-17-6-4-13-7-11(16)9-18-12-8-14-19-15-12/h8,10-11,13,16H,3-7,9H2,1-2H3. The molecule has 0 saturated heterocycles. The first-order chi connectivity index (χ1) is 9.18. The van der Waals surface area contributed by atoms with E-state index in [4.69, 9.17) is 9.47 Å². The zero-order chi connectivity index (χ0) is 13.9. The molecule has 1 rings (SSSR count). The van der Waals surface area contributed by atoms with Crippen molar-refractivity contribution in [2.75, 3.05) is 32.9 Å². The fourth-order valence-corrected chi connectivity index (χ4v) is 1.66. The van der Waals surface area contributed by atoms with E-state index in [1.54, 1.807) is 0 Å². The second-order valence-electron chi connectivity index (χ2n) is 4.71. The molecule has 1 aromatic rings. The quantitative estimate of drug-likeness (QED) is 0.590. The molecule has 0 aromatic carbocycles. The third-order valence-electron chi connectivity index (χ3n) is 2.41. The van der Waals surface area contributed by atoms with Gasteiger partial charge in [-0.3, -0.25) is 0 Å². The summed E-state index contributed by atoms with van der Waals surface area (Å²) in [5, 5.41) is 12.8. The van der Waals surface area contributed by atoms with Gasteiger partial charge >= 0.3 is 0 Å². The van der Waals surface area contributed by atoms with Crippen LogP contribution in [0, 0.1) is 5.92 Å². The largest absolute Gasteiger partial charge is 0.473 e. The highest BCUT2D eigenvalue weighted by Crippen LogP contribution is 2.04. The average Bonchev–Trinajstić information content (AvgIpc) is 2.88. The van der Waals surface area contributed by atoms with Gasteiger partial charge < -0.3 is 19.9 Å². The van der Waals surface area contributed by atoms with E-state index < -0.39 is 6.10 Å². The molecule has 0 radical (unpaired) electrons. The number of hydrogen-bond donors (Lipinski definition) is 2. The van der Waals surface area contributed by atoms with Crippen molar-refractivity contribution in [2.45, 2.75) is 26.4 Å². The smallest absolute Gasteiger partial charge is 0.245 e. The fourth-order valence-electron chi connectivity index (χ4n) is 1.29. The fraction of sp³-hybridized carbons (Fsp3) is 0.833. The van der Waals surface area contributed by atoms with E-state index in [0.29, 0.717) is 24.9 Å². The number of aliphatic hydroxyl groups is 1. The van der Waals surface area contributed by atoms with Gasteiger partial charge in [0.1, 0.15) is 18.9 Å². The first-order valence-electron chi connectivity index (χ1n) is 6.55. The molecule has 2 N–H and O–H groups in total. The van der Waals surface area contributed by atoms with Crippen LogP contribution < -0.4 is 10.1 Å². The van der Waals surface area contributed by atoms with E-state index in [1.807, 2.05) is 0 Å². The molecule has 7 heteroatoms. The Balaban J connectivity index is 1.88. The van der Waals surface area contributed by atoms with Crippen molar-refractivity contribution in [3.63, 3.8) is 0 Å². The molecule has 1 aromatic heterocycles. The van der Waals surface area contributed by atoms with Gasteiger partial charge in [-0.1, -0.05) is 13.8 Å². The number of nitrogens with one attached hydrogen (secondary N) is 1. The van der Waals surface area contributed by atoms with Crippen molar-refractivity contribution in [3.05, 3.63) is 6.20 Å². The zero-order valence-electron chi connectivity index (χ0n) is 11.5. The van der Waals surface area contributed by atoms with Crippen molar-refractivity contribution in [2.24, 2.45) is 5.92 Å². The van der Waals surface area contributed by atoms with Crippen molar-refractivity contribution < 1.29 is 14.6 Å². The van der Waals surface area contributed by atoms with Crippen LogP contribution in [0.2, 0.25) is 0 Å². The minimum atomic E-state index is -0.558. The number of ether oxygens (including phenoxy) is 2. The summed E-state index contributed by atoms with van der Waals surface area (Å²) in [6.45, 7) is 7.23. The minimum Gasteiger partial charge on any atom is -0.473 e. The predicted octanol–water partition coefficient (Wildman–Crippen LogP) is 0.930. The van der Waals surface area contributed by atoms with Crippen molar-refractivity contribution >= 4 is 11.7 Å². The number of nitrogens with zero attached hydrogens (tertiary/aromatic N) is 2. The highest BCUT2D eigenvalue weighted by atomic mass is 32.1. The summed E-state index contributed by atoms with van der Waals surface area (Å²) in [6, 6.07) is 0. The maximum atomic E-state index is 9.65. The van der Waals surface area contributed by atoms with Crippen LogP contribution in [0.3, 0.4) is 0 Å². The summed E-state index contributed by atoms with van der Waals surface area (Å²) in [5.41, 5.74) is 0. The second kappa shape index (κ2) is 10.1. The number of aliphatic hydroxyl groups excluding tert-OH is 1. The Morgan fingerprint density at radius 1 is 1.42 bits per heavy atom. The maximum Gasteiger partial charge on any atom is 0.245 e. The highest BCUT2D eigenvalue weighted by Gasteiger charge is 2.05. The molecule has 0 spiro atoms.